The van der Waals surface area contributed by atoms with E-state index < -0.39 is 0 Å². The number of hydrogen-bond donors (Lipinski definition) is 0. The maximum atomic E-state index is 8.79. The fraction of sp³-hybridized carbons (Fsp3) is 0.583. The van der Waals surface area contributed by atoms with Crippen LogP contribution in [0.2, 0.25) is 0 Å². The van der Waals surface area contributed by atoms with Crippen LogP contribution in [0.5, 0.6) is 0 Å². The van der Waals surface area contributed by atoms with Crippen molar-refractivity contribution in [1.82, 2.24) is 9.97 Å². The van der Waals surface area contributed by atoms with Crippen LogP contribution in [0.1, 0.15) is 26.0 Å². The Kier molecular flexibility index (Phi) is 3.04. The summed E-state index contributed by atoms with van der Waals surface area (Å²) in [4.78, 5) is 10.6. The standard InChI is InChI=1S/C12H16N4/c1-9(2)10-4-6-16(8-10)12-14-5-3-11(7-13)15-12/h3,5,9-10H,4,6,8H2,1-2H3. The first-order valence-electron chi connectivity index (χ1n) is 5.69. The van der Waals surface area contributed by atoms with Gasteiger partial charge in [-0.1, -0.05) is 13.8 Å². The Bertz CT molecular complexity index is 408. The minimum Gasteiger partial charge on any atom is -0.340 e. The van der Waals surface area contributed by atoms with E-state index in [-0.39, 0.29) is 0 Å². The monoisotopic (exact) mass is 216 g/mol. The lowest BCUT2D eigenvalue weighted by Gasteiger charge is -2.17. The molecule has 1 aliphatic rings. The molecule has 0 aliphatic carbocycles. The Morgan fingerprint density at radius 3 is 3.00 bits per heavy atom. The molecule has 1 unspecified atom stereocenters. The summed E-state index contributed by atoms with van der Waals surface area (Å²) in [5.74, 6) is 2.11. The van der Waals surface area contributed by atoms with Gasteiger partial charge in [-0.2, -0.15) is 5.26 Å². The molecule has 1 fully saturated rings. The van der Waals surface area contributed by atoms with Crippen LogP contribution < -0.4 is 4.90 Å². The molecule has 0 saturated carbocycles. The summed E-state index contributed by atoms with van der Waals surface area (Å²) in [6, 6.07) is 3.69. The van der Waals surface area contributed by atoms with Crippen molar-refractivity contribution >= 4 is 5.95 Å². The van der Waals surface area contributed by atoms with Gasteiger partial charge in [-0.25, -0.2) is 9.97 Å². The van der Waals surface area contributed by atoms with Gasteiger partial charge >= 0.3 is 0 Å². The maximum absolute atomic E-state index is 8.79. The molecule has 84 valence electrons. The topological polar surface area (TPSA) is 52.8 Å². The van der Waals surface area contributed by atoms with Crippen LogP contribution in [-0.4, -0.2) is 23.1 Å². The van der Waals surface area contributed by atoms with E-state index in [1.54, 1.807) is 12.3 Å². The van der Waals surface area contributed by atoms with E-state index in [1.165, 1.54) is 6.42 Å². The van der Waals surface area contributed by atoms with Crippen molar-refractivity contribution < 1.29 is 0 Å². The number of rotatable bonds is 2. The zero-order chi connectivity index (χ0) is 11.5. The van der Waals surface area contributed by atoms with E-state index >= 15 is 0 Å². The molecule has 1 saturated heterocycles. The van der Waals surface area contributed by atoms with Gasteiger partial charge < -0.3 is 4.90 Å². The molecule has 0 radical (unpaired) electrons. The van der Waals surface area contributed by atoms with E-state index in [2.05, 4.69) is 28.7 Å². The molecule has 0 amide bonds. The van der Waals surface area contributed by atoms with E-state index in [1.807, 2.05) is 6.07 Å². The Morgan fingerprint density at radius 1 is 1.56 bits per heavy atom. The molecule has 2 heterocycles. The molecule has 0 bridgehead atoms. The van der Waals surface area contributed by atoms with Crippen LogP contribution in [0.3, 0.4) is 0 Å². The normalized spacial score (nSPS) is 20.1. The van der Waals surface area contributed by atoms with Gasteiger partial charge in [0.1, 0.15) is 11.8 Å². The van der Waals surface area contributed by atoms with Gasteiger partial charge in [-0.15, -0.1) is 0 Å². The van der Waals surface area contributed by atoms with Gasteiger partial charge in [-0.3, -0.25) is 0 Å². The van der Waals surface area contributed by atoms with Gasteiger partial charge in [0.15, 0.2) is 0 Å². The highest BCUT2D eigenvalue weighted by Crippen LogP contribution is 2.25. The van der Waals surface area contributed by atoms with Crippen molar-refractivity contribution in [2.45, 2.75) is 20.3 Å². The predicted octanol–water partition coefficient (Wildman–Crippen LogP) is 1.83. The summed E-state index contributed by atoms with van der Waals surface area (Å²) in [6.07, 6.45) is 2.85. The lowest BCUT2D eigenvalue weighted by Crippen LogP contribution is -2.23. The minimum atomic E-state index is 0.443. The second-order valence-corrected chi connectivity index (χ2v) is 4.59. The van der Waals surface area contributed by atoms with Crippen LogP contribution in [0, 0.1) is 23.2 Å². The minimum absolute atomic E-state index is 0.443. The van der Waals surface area contributed by atoms with Crippen LogP contribution in [0.4, 0.5) is 5.95 Å². The molecule has 0 N–H and O–H groups in total. The third-order valence-corrected chi connectivity index (χ3v) is 3.21. The van der Waals surface area contributed by atoms with Gasteiger partial charge in [0.05, 0.1) is 0 Å². The van der Waals surface area contributed by atoms with E-state index in [0.717, 1.165) is 13.1 Å². The highest BCUT2D eigenvalue weighted by Gasteiger charge is 2.26. The second-order valence-electron chi connectivity index (χ2n) is 4.59. The van der Waals surface area contributed by atoms with Crippen molar-refractivity contribution in [2.24, 2.45) is 11.8 Å². The van der Waals surface area contributed by atoms with Gasteiger partial charge in [0.2, 0.25) is 5.95 Å². The Balaban J connectivity index is 2.12. The lowest BCUT2D eigenvalue weighted by atomic mass is 9.95. The Morgan fingerprint density at radius 2 is 2.38 bits per heavy atom. The van der Waals surface area contributed by atoms with E-state index in [0.29, 0.717) is 23.5 Å². The highest BCUT2D eigenvalue weighted by atomic mass is 15.3. The number of nitriles is 1. The van der Waals surface area contributed by atoms with Crippen molar-refractivity contribution in [1.29, 1.82) is 5.26 Å². The number of hydrogen-bond acceptors (Lipinski definition) is 4. The Hall–Kier alpha value is -1.63. The summed E-state index contributed by atoms with van der Waals surface area (Å²) in [5, 5.41) is 8.79. The molecular weight excluding hydrogens is 200 g/mol. The fourth-order valence-electron chi connectivity index (χ4n) is 2.08. The van der Waals surface area contributed by atoms with Gasteiger partial charge in [-0.05, 0) is 24.3 Å². The zero-order valence-electron chi connectivity index (χ0n) is 9.72. The number of aromatic nitrogens is 2. The number of anilines is 1. The zero-order valence-corrected chi connectivity index (χ0v) is 9.72. The largest absolute Gasteiger partial charge is 0.340 e. The van der Waals surface area contributed by atoms with E-state index in [4.69, 9.17) is 5.26 Å². The van der Waals surface area contributed by atoms with Crippen LogP contribution in [-0.2, 0) is 0 Å². The molecule has 0 spiro atoms. The van der Waals surface area contributed by atoms with Crippen molar-refractivity contribution in [3.8, 4) is 6.07 Å². The third kappa shape index (κ3) is 2.13. The van der Waals surface area contributed by atoms with Gasteiger partial charge in [0, 0.05) is 19.3 Å². The van der Waals surface area contributed by atoms with Crippen molar-refractivity contribution in [2.75, 3.05) is 18.0 Å². The summed E-state index contributed by atoms with van der Waals surface area (Å²) < 4.78 is 0. The van der Waals surface area contributed by atoms with Crippen molar-refractivity contribution in [3.05, 3.63) is 18.0 Å². The van der Waals surface area contributed by atoms with E-state index in [9.17, 15) is 0 Å². The molecule has 2 rings (SSSR count). The average Bonchev–Trinajstić information content (AvgIpc) is 2.78. The molecule has 1 aromatic heterocycles. The smallest absolute Gasteiger partial charge is 0.226 e. The molecule has 1 aliphatic heterocycles. The lowest BCUT2D eigenvalue weighted by molar-refractivity contribution is 0.422. The summed E-state index contributed by atoms with van der Waals surface area (Å²) >= 11 is 0. The summed E-state index contributed by atoms with van der Waals surface area (Å²) in [7, 11) is 0. The molecule has 1 aromatic rings. The second kappa shape index (κ2) is 4.48. The first-order valence-corrected chi connectivity index (χ1v) is 5.69. The maximum Gasteiger partial charge on any atom is 0.226 e. The van der Waals surface area contributed by atoms with Crippen LogP contribution >= 0.6 is 0 Å². The third-order valence-electron chi connectivity index (χ3n) is 3.21. The SMILES string of the molecule is CC(C)C1CCN(c2nccc(C#N)n2)C1. The number of nitrogens with zero attached hydrogens (tertiary/aromatic N) is 4. The predicted molar refractivity (Wildman–Crippen MR) is 61.9 cm³/mol. The first-order chi connectivity index (χ1) is 7.70. The van der Waals surface area contributed by atoms with Crippen molar-refractivity contribution in [3.63, 3.8) is 0 Å². The molecule has 4 heteroatoms. The molecule has 16 heavy (non-hydrogen) atoms. The molecular formula is C12H16N4. The van der Waals surface area contributed by atoms with Crippen LogP contribution in [0.25, 0.3) is 0 Å². The average molecular weight is 216 g/mol. The van der Waals surface area contributed by atoms with Crippen LogP contribution in [0.15, 0.2) is 12.3 Å². The Labute approximate surface area is 95.9 Å². The quantitative estimate of drug-likeness (QED) is 0.756. The molecule has 0 aromatic carbocycles. The molecule has 1 atom stereocenters. The molecule has 4 nitrogen and oxygen atoms in total. The summed E-state index contributed by atoms with van der Waals surface area (Å²) in [6.45, 7) is 6.51. The first kappa shape index (κ1) is 10.9. The highest BCUT2D eigenvalue weighted by molar-refractivity contribution is 5.34. The van der Waals surface area contributed by atoms with Gasteiger partial charge in [0.25, 0.3) is 0 Å². The fourth-order valence-corrected chi connectivity index (χ4v) is 2.08. The summed E-state index contributed by atoms with van der Waals surface area (Å²) in [5.41, 5.74) is 0.443.